The van der Waals surface area contributed by atoms with Gasteiger partial charge in [0.25, 0.3) is 5.91 Å². The van der Waals surface area contributed by atoms with Gasteiger partial charge >= 0.3 is 6.18 Å². The Morgan fingerprint density at radius 3 is 2.34 bits per heavy atom. The van der Waals surface area contributed by atoms with Crippen molar-refractivity contribution in [3.8, 4) is 11.3 Å². The number of alkyl halides is 3. The van der Waals surface area contributed by atoms with E-state index in [1.54, 1.807) is 18.2 Å². The Morgan fingerprint density at radius 2 is 1.76 bits per heavy atom. The van der Waals surface area contributed by atoms with Crippen LogP contribution in [-0.2, 0) is 22.6 Å². The van der Waals surface area contributed by atoms with Gasteiger partial charge in [-0.05, 0) is 85.2 Å². The van der Waals surface area contributed by atoms with Crippen molar-refractivity contribution in [3.05, 3.63) is 88.2 Å². The average Bonchev–Trinajstić information content (AvgIpc) is 3.68. The topological polar surface area (TPSA) is 79.6 Å². The Morgan fingerprint density at radius 1 is 1.07 bits per heavy atom. The number of halogens is 4. The second-order valence-electron chi connectivity index (χ2n) is 10.3. The van der Waals surface area contributed by atoms with Gasteiger partial charge in [-0.1, -0.05) is 12.1 Å². The Bertz CT molecular complexity index is 1740. The molecule has 0 aliphatic heterocycles. The van der Waals surface area contributed by atoms with Crippen LogP contribution in [0.1, 0.15) is 51.4 Å². The quantitative estimate of drug-likeness (QED) is 0.229. The highest BCUT2D eigenvalue weighted by atomic mass is 32.2. The van der Waals surface area contributed by atoms with E-state index in [4.69, 9.17) is 4.42 Å². The molecule has 1 heterocycles. The van der Waals surface area contributed by atoms with E-state index in [0.717, 1.165) is 25.2 Å². The highest BCUT2D eigenvalue weighted by Crippen LogP contribution is 2.48. The van der Waals surface area contributed by atoms with Crippen molar-refractivity contribution in [3.63, 3.8) is 0 Å². The number of anilines is 1. The Balaban J connectivity index is 1.62. The highest BCUT2D eigenvalue weighted by Gasteiger charge is 2.34. The first-order valence-corrected chi connectivity index (χ1v) is 14.9. The number of furan rings is 1. The van der Waals surface area contributed by atoms with Gasteiger partial charge in [-0.3, -0.25) is 9.10 Å². The van der Waals surface area contributed by atoms with Crippen LogP contribution < -0.4 is 9.62 Å². The van der Waals surface area contributed by atoms with Crippen LogP contribution in [0.3, 0.4) is 0 Å². The van der Waals surface area contributed by atoms with Crippen molar-refractivity contribution < 1.29 is 35.2 Å². The molecule has 11 heteroatoms. The third-order valence-corrected chi connectivity index (χ3v) is 8.47. The van der Waals surface area contributed by atoms with E-state index >= 15 is 0 Å². The molecule has 1 fully saturated rings. The molecule has 1 N–H and O–H groups in total. The second kappa shape index (κ2) is 10.5. The molecule has 4 aromatic rings. The third-order valence-electron chi connectivity index (χ3n) is 7.29. The van der Waals surface area contributed by atoms with Gasteiger partial charge in [-0.15, -0.1) is 0 Å². The van der Waals surface area contributed by atoms with Crippen LogP contribution in [0, 0.1) is 12.7 Å². The fourth-order valence-electron chi connectivity index (χ4n) is 5.07. The van der Waals surface area contributed by atoms with Gasteiger partial charge in [0.05, 0.1) is 23.1 Å². The molecule has 0 atom stereocenters. The van der Waals surface area contributed by atoms with E-state index in [1.807, 2.05) is 0 Å². The SMILES string of the molecule is CNC(=O)c1c(-c2ccc(F)cc2)oc2cc(N(CCc3ccc(C)c(C(F)(F)F)c3)S(C)(=O)=O)c(C3CC3)cc12. The summed E-state index contributed by atoms with van der Waals surface area (Å²) in [5.41, 5.74) is 1.71. The number of nitrogens with zero attached hydrogens (tertiary/aromatic N) is 1. The van der Waals surface area contributed by atoms with Crippen LogP contribution >= 0.6 is 0 Å². The van der Waals surface area contributed by atoms with Crippen molar-refractivity contribution in [2.75, 3.05) is 24.2 Å². The molecule has 1 amide bonds. The maximum absolute atomic E-state index is 13.6. The number of carbonyl (C=O) groups is 1. The molecule has 0 saturated heterocycles. The van der Waals surface area contributed by atoms with Gasteiger partial charge in [-0.25, -0.2) is 12.8 Å². The summed E-state index contributed by atoms with van der Waals surface area (Å²) in [6.45, 7) is 1.28. The molecular formula is C30H28F4N2O4S. The lowest BCUT2D eigenvalue weighted by Gasteiger charge is -2.25. The predicted molar refractivity (Wildman–Crippen MR) is 149 cm³/mol. The summed E-state index contributed by atoms with van der Waals surface area (Å²) in [6.07, 6.45) is -1.79. The van der Waals surface area contributed by atoms with Crippen LogP contribution in [-0.4, -0.2) is 34.2 Å². The summed E-state index contributed by atoms with van der Waals surface area (Å²) in [5, 5.41) is 3.09. The number of nitrogens with one attached hydrogen (secondary N) is 1. The van der Waals surface area contributed by atoms with Gasteiger partial charge in [0.2, 0.25) is 10.0 Å². The standard InChI is InChI=1S/C30H28F4N2O4S/c1-17-4-5-18(14-24(17)30(32,33)34)12-13-36(41(3,38)39)25-16-26-23(15-22(25)19-6-7-19)27(29(37)35-2)28(40-26)20-8-10-21(31)11-9-20/h4-5,8-11,14-16,19H,6-7,12-13H2,1-3H3,(H,35,37). The van der Waals surface area contributed by atoms with Crippen LogP contribution in [0.5, 0.6) is 0 Å². The number of benzene rings is 3. The van der Waals surface area contributed by atoms with Gasteiger partial charge in [0.1, 0.15) is 17.2 Å². The Hall–Kier alpha value is -3.86. The molecule has 1 aromatic heterocycles. The fraction of sp³-hybridized carbons (Fsp3) is 0.300. The molecule has 1 aliphatic carbocycles. The zero-order valence-electron chi connectivity index (χ0n) is 22.6. The van der Waals surface area contributed by atoms with E-state index in [1.165, 1.54) is 48.6 Å². The van der Waals surface area contributed by atoms with Crippen LogP contribution in [0.2, 0.25) is 0 Å². The molecule has 0 spiro atoms. The third kappa shape index (κ3) is 5.81. The van der Waals surface area contributed by atoms with Crippen molar-refractivity contribution in [1.29, 1.82) is 0 Å². The maximum atomic E-state index is 13.6. The molecule has 0 unspecified atom stereocenters. The van der Waals surface area contributed by atoms with Crippen molar-refractivity contribution >= 4 is 32.6 Å². The first-order chi connectivity index (χ1) is 19.3. The molecule has 6 nitrogen and oxygen atoms in total. The highest BCUT2D eigenvalue weighted by molar-refractivity contribution is 7.92. The summed E-state index contributed by atoms with van der Waals surface area (Å²) < 4.78 is 87.4. The molecule has 1 saturated carbocycles. The van der Waals surface area contributed by atoms with E-state index in [2.05, 4.69) is 5.32 Å². The van der Waals surface area contributed by atoms with Crippen molar-refractivity contribution in [2.24, 2.45) is 0 Å². The van der Waals surface area contributed by atoms with E-state index < -0.39 is 33.5 Å². The molecule has 3 aromatic carbocycles. The Kier molecular flexibility index (Phi) is 7.35. The molecule has 41 heavy (non-hydrogen) atoms. The summed E-state index contributed by atoms with van der Waals surface area (Å²) in [6, 6.07) is 12.8. The molecule has 0 radical (unpaired) electrons. The monoisotopic (exact) mass is 588 g/mol. The lowest BCUT2D eigenvalue weighted by atomic mass is 10.00. The minimum absolute atomic E-state index is 0.0427. The van der Waals surface area contributed by atoms with Crippen molar-refractivity contribution in [1.82, 2.24) is 5.32 Å². The van der Waals surface area contributed by atoms with E-state index in [0.29, 0.717) is 27.8 Å². The zero-order chi connectivity index (χ0) is 29.7. The first kappa shape index (κ1) is 28.7. The van der Waals surface area contributed by atoms with Crippen LogP contribution in [0.15, 0.2) is 59.0 Å². The average molecular weight is 589 g/mol. The lowest BCUT2D eigenvalue weighted by molar-refractivity contribution is -0.138. The Labute approximate surface area is 235 Å². The molecule has 1 aliphatic rings. The number of fused-ring (bicyclic) bond motifs is 1. The number of amides is 1. The molecular weight excluding hydrogens is 560 g/mol. The summed E-state index contributed by atoms with van der Waals surface area (Å²) in [7, 11) is -2.39. The largest absolute Gasteiger partial charge is 0.455 e. The van der Waals surface area contributed by atoms with Gasteiger partial charge in [0, 0.05) is 30.6 Å². The van der Waals surface area contributed by atoms with Gasteiger partial charge in [-0.2, -0.15) is 13.2 Å². The summed E-state index contributed by atoms with van der Waals surface area (Å²) in [5.74, 6) is -0.609. The second-order valence-corrected chi connectivity index (χ2v) is 12.2. The minimum atomic E-state index is -4.52. The number of rotatable bonds is 8. The first-order valence-electron chi connectivity index (χ1n) is 13.0. The van der Waals surface area contributed by atoms with Gasteiger partial charge in [0.15, 0.2) is 0 Å². The summed E-state index contributed by atoms with van der Waals surface area (Å²) >= 11 is 0. The number of aryl methyl sites for hydroxylation is 1. The fourth-order valence-corrected chi connectivity index (χ4v) is 6.01. The maximum Gasteiger partial charge on any atom is 0.416 e. The van der Waals surface area contributed by atoms with E-state index in [9.17, 15) is 30.8 Å². The number of hydrogen-bond donors (Lipinski definition) is 1. The van der Waals surface area contributed by atoms with Gasteiger partial charge < -0.3 is 9.73 Å². The predicted octanol–water partition coefficient (Wildman–Crippen LogP) is 6.81. The minimum Gasteiger partial charge on any atom is -0.455 e. The zero-order valence-corrected chi connectivity index (χ0v) is 23.4. The van der Waals surface area contributed by atoms with Crippen LogP contribution in [0.25, 0.3) is 22.3 Å². The summed E-state index contributed by atoms with van der Waals surface area (Å²) in [4.78, 5) is 13.0. The smallest absolute Gasteiger partial charge is 0.416 e. The van der Waals surface area contributed by atoms with Crippen molar-refractivity contribution in [2.45, 2.75) is 38.3 Å². The lowest BCUT2D eigenvalue weighted by Crippen LogP contribution is -2.32. The molecule has 0 bridgehead atoms. The normalized spacial score (nSPS) is 13.9. The number of hydrogen-bond acceptors (Lipinski definition) is 4. The molecule has 5 rings (SSSR count). The molecule has 216 valence electrons. The number of sulfonamides is 1. The van der Waals surface area contributed by atoms with Crippen LogP contribution in [0.4, 0.5) is 23.2 Å². The van der Waals surface area contributed by atoms with E-state index in [-0.39, 0.29) is 41.4 Å². The number of carbonyl (C=O) groups excluding carboxylic acids is 1.